The van der Waals surface area contributed by atoms with Crippen LogP contribution in [0, 0.1) is 0 Å². The molecule has 20 heavy (non-hydrogen) atoms. The summed E-state index contributed by atoms with van der Waals surface area (Å²) < 4.78 is 4.85. The van der Waals surface area contributed by atoms with Gasteiger partial charge in [0.25, 0.3) is 0 Å². The Morgan fingerprint density at radius 1 is 1.60 bits per heavy atom. The molecule has 1 unspecified atom stereocenters. The SMILES string of the molecule is CCOC(=O)Cc1csc(NC(=O)C2CCCN2)n1.Cl. The standard InChI is InChI=1S/C12H17N3O3S.ClH/c1-2-18-10(16)6-8-7-19-12(14-8)15-11(17)9-4-3-5-13-9;/h7,9,13H,2-6H2,1H3,(H,14,15,17);1H. The van der Waals surface area contributed by atoms with Gasteiger partial charge in [0.1, 0.15) is 0 Å². The molecule has 0 radical (unpaired) electrons. The number of esters is 1. The van der Waals surface area contributed by atoms with Crippen molar-refractivity contribution in [2.75, 3.05) is 18.5 Å². The summed E-state index contributed by atoms with van der Waals surface area (Å²) in [5.74, 6) is -0.363. The van der Waals surface area contributed by atoms with Crippen LogP contribution in [0.2, 0.25) is 0 Å². The first-order valence-electron chi connectivity index (χ1n) is 6.33. The summed E-state index contributed by atoms with van der Waals surface area (Å²) in [6.07, 6.45) is 2.01. The zero-order valence-corrected chi connectivity index (χ0v) is 12.8. The molecular weight excluding hydrogens is 302 g/mol. The van der Waals surface area contributed by atoms with E-state index in [-0.39, 0.29) is 36.7 Å². The normalized spacial score (nSPS) is 17.4. The van der Waals surface area contributed by atoms with Crippen LogP contribution >= 0.6 is 23.7 Å². The minimum atomic E-state index is -0.303. The maximum Gasteiger partial charge on any atom is 0.311 e. The van der Waals surface area contributed by atoms with Gasteiger partial charge in [-0.15, -0.1) is 23.7 Å². The summed E-state index contributed by atoms with van der Waals surface area (Å²) in [4.78, 5) is 27.4. The van der Waals surface area contributed by atoms with Gasteiger partial charge in [-0.2, -0.15) is 0 Å². The number of nitrogens with one attached hydrogen (secondary N) is 2. The number of anilines is 1. The second-order valence-electron chi connectivity index (χ2n) is 4.26. The number of carbonyl (C=O) groups excluding carboxylic acids is 2. The van der Waals surface area contributed by atoms with Gasteiger partial charge in [0.15, 0.2) is 5.13 Å². The average molecular weight is 320 g/mol. The van der Waals surface area contributed by atoms with E-state index in [1.54, 1.807) is 12.3 Å². The van der Waals surface area contributed by atoms with E-state index in [1.807, 2.05) is 0 Å². The van der Waals surface area contributed by atoms with Gasteiger partial charge in [-0.1, -0.05) is 0 Å². The van der Waals surface area contributed by atoms with Crippen LogP contribution in [0.1, 0.15) is 25.5 Å². The number of ether oxygens (including phenoxy) is 1. The van der Waals surface area contributed by atoms with Crippen LogP contribution in [-0.2, 0) is 20.7 Å². The van der Waals surface area contributed by atoms with E-state index in [9.17, 15) is 9.59 Å². The molecule has 2 heterocycles. The second kappa shape index (κ2) is 8.18. The van der Waals surface area contributed by atoms with E-state index >= 15 is 0 Å². The van der Waals surface area contributed by atoms with Gasteiger partial charge in [-0.05, 0) is 26.3 Å². The van der Waals surface area contributed by atoms with Crippen LogP contribution in [-0.4, -0.2) is 36.1 Å². The van der Waals surface area contributed by atoms with E-state index < -0.39 is 0 Å². The number of halogens is 1. The highest BCUT2D eigenvalue weighted by atomic mass is 35.5. The fourth-order valence-electron chi connectivity index (χ4n) is 1.91. The van der Waals surface area contributed by atoms with E-state index in [0.717, 1.165) is 19.4 Å². The topological polar surface area (TPSA) is 80.3 Å². The van der Waals surface area contributed by atoms with Crippen LogP contribution in [0.15, 0.2) is 5.38 Å². The molecule has 112 valence electrons. The van der Waals surface area contributed by atoms with Crippen molar-refractivity contribution in [1.82, 2.24) is 10.3 Å². The highest BCUT2D eigenvalue weighted by Gasteiger charge is 2.22. The Hall–Kier alpha value is -1.18. The zero-order valence-electron chi connectivity index (χ0n) is 11.2. The number of hydrogen-bond acceptors (Lipinski definition) is 6. The molecule has 1 atom stereocenters. The molecule has 8 heteroatoms. The number of carbonyl (C=O) groups is 2. The fraction of sp³-hybridized carbons (Fsp3) is 0.583. The number of rotatable bonds is 5. The molecule has 1 aliphatic rings. The van der Waals surface area contributed by atoms with Crippen LogP contribution in [0.4, 0.5) is 5.13 Å². The summed E-state index contributed by atoms with van der Waals surface area (Å²) in [5.41, 5.74) is 0.623. The summed E-state index contributed by atoms with van der Waals surface area (Å²) in [6.45, 7) is 3.00. The summed E-state index contributed by atoms with van der Waals surface area (Å²) in [5, 5.41) is 8.17. The maximum absolute atomic E-state index is 11.9. The minimum absolute atomic E-state index is 0. The third-order valence-electron chi connectivity index (χ3n) is 2.79. The van der Waals surface area contributed by atoms with E-state index in [4.69, 9.17) is 4.74 Å². The van der Waals surface area contributed by atoms with Crippen LogP contribution < -0.4 is 10.6 Å². The molecule has 1 aliphatic heterocycles. The number of hydrogen-bond donors (Lipinski definition) is 2. The molecule has 0 bridgehead atoms. The molecule has 0 saturated carbocycles. The molecule has 2 rings (SSSR count). The van der Waals surface area contributed by atoms with Crippen molar-refractivity contribution in [2.45, 2.75) is 32.2 Å². The molecule has 1 aromatic rings. The average Bonchev–Trinajstić information content (AvgIpc) is 3.00. The first-order chi connectivity index (χ1) is 9.19. The summed E-state index contributed by atoms with van der Waals surface area (Å²) in [6, 6.07) is -0.127. The Morgan fingerprint density at radius 2 is 2.40 bits per heavy atom. The lowest BCUT2D eigenvalue weighted by molar-refractivity contribution is -0.142. The summed E-state index contributed by atoms with van der Waals surface area (Å²) >= 11 is 1.32. The number of nitrogens with zero attached hydrogens (tertiary/aromatic N) is 1. The van der Waals surface area contributed by atoms with Crippen molar-refractivity contribution >= 4 is 40.8 Å². The van der Waals surface area contributed by atoms with Gasteiger partial charge < -0.3 is 15.4 Å². The number of aromatic nitrogens is 1. The quantitative estimate of drug-likeness (QED) is 0.801. The van der Waals surface area contributed by atoms with Crippen LogP contribution in [0.5, 0.6) is 0 Å². The molecule has 0 aliphatic carbocycles. The molecule has 1 amide bonds. The summed E-state index contributed by atoms with van der Waals surface area (Å²) in [7, 11) is 0. The van der Waals surface area contributed by atoms with Gasteiger partial charge >= 0.3 is 5.97 Å². The number of amides is 1. The molecule has 1 saturated heterocycles. The van der Waals surface area contributed by atoms with Crippen molar-refractivity contribution in [2.24, 2.45) is 0 Å². The Bertz CT molecular complexity index is 461. The maximum atomic E-state index is 11.9. The second-order valence-corrected chi connectivity index (χ2v) is 5.12. The lowest BCUT2D eigenvalue weighted by Gasteiger charge is -2.08. The van der Waals surface area contributed by atoms with E-state index in [0.29, 0.717) is 17.4 Å². The lowest BCUT2D eigenvalue weighted by Crippen LogP contribution is -2.35. The Kier molecular flexibility index (Phi) is 6.90. The largest absolute Gasteiger partial charge is 0.466 e. The molecule has 0 spiro atoms. The van der Waals surface area contributed by atoms with Crippen molar-refractivity contribution in [1.29, 1.82) is 0 Å². The highest BCUT2D eigenvalue weighted by Crippen LogP contribution is 2.17. The highest BCUT2D eigenvalue weighted by molar-refractivity contribution is 7.13. The monoisotopic (exact) mass is 319 g/mol. The molecule has 6 nitrogen and oxygen atoms in total. The molecule has 1 fully saturated rings. The predicted molar refractivity (Wildman–Crippen MR) is 79.4 cm³/mol. The fourth-order valence-corrected chi connectivity index (χ4v) is 2.62. The van der Waals surface area contributed by atoms with Gasteiger partial charge in [0.05, 0.1) is 24.8 Å². The van der Waals surface area contributed by atoms with E-state index in [2.05, 4.69) is 15.6 Å². The molecular formula is C12H18ClN3O3S. The zero-order chi connectivity index (χ0) is 13.7. The smallest absolute Gasteiger partial charge is 0.311 e. The number of thiazole rings is 1. The van der Waals surface area contributed by atoms with Gasteiger partial charge in [0.2, 0.25) is 5.91 Å². The van der Waals surface area contributed by atoms with Gasteiger partial charge in [-0.25, -0.2) is 4.98 Å². The molecule has 2 N–H and O–H groups in total. The van der Waals surface area contributed by atoms with Crippen LogP contribution in [0.25, 0.3) is 0 Å². The third-order valence-corrected chi connectivity index (χ3v) is 3.60. The Labute approximate surface area is 127 Å². The van der Waals surface area contributed by atoms with Crippen molar-refractivity contribution in [3.05, 3.63) is 11.1 Å². The van der Waals surface area contributed by atoms with E-state index in [1.165, 1.54) is 11.3 Å². The van der Waals surface area contributed by atoms with Crippen molar-refractivity contribution < 1.29 is 14.3 Å². The molecule has 0 aromatic carbocycles. The Balaban J connectivity index is 0.00000200. The first-order valence-corrected chi connectivity index (χ1v) is 7.21. The van der Waals surface area contributed by atoms with Gasteiger partial charge in [-0.3, -0.25) is 9.59 Å². The minimum Gasteiger partial charge on any atom is -0.466 e. The Morgan fingerprint density at radius 3 is 3.05 bits per heavy atom. The van der Waals surface area contributed by atoms with Gasteiger partial charge in [0, 0.05) is 5.38 Å². The molecule has 1 aromatic heterocycles. The first kappa shape index (κ1) is 16.9. The van der Waals surface area contributed by atoms with Crippen molar-refractivity contribution in [3.63, 3.8) is 0 Å². The third kappa shape index (κ3) is 4.73. The lowest BCUT2D eigenvalue weighted by atomic mass is 10.2. The predicted octanol–water partition coefficient (Wildman–Crippen LogP) is 1.36. The van der Waals surface area contributed by atoms with Crippen molar-refractivity contribution in [3.8, 4) is 0 Å². The van der Waals surface area contributed by atoms with Crippen LogP contribution in [0.3, 0.4) is 0 Å².